The van der Waals surface area contributed by atoms with Gasteiger partial charge < -0.3 is 5.32 Å². The highest BCUT2D eigenvalue weighted by atomic mass is 35.5. The van der Waals surface area contributed by atoms with Crippen molar-refractivity contribution in [3.05, 3.63) is 16.5 Å². The number of rotatable bonds is 2. The fourth-order valence-corrected chi connectivity index (χ4v) is 4.40. The molecular weight excluding hydrogens is 257 g/mol. The van der Waals surface area contributed by atoms with Crippen LogP contribution in [0.3, 0.4) is 0 Å². The molecule has 4 unspecified atom stereocenters. The molecule has 2 bridgehead atoms. The van der Waals surface area contributed by atoms with Crippen LogP contribution in [0, 0.1) is 23.7 Å². The van der Waals surface area contributed by atoms with E-state index in [2.05, 4.69) is 15.3 Å². The number of anilines is 1. The Hall–Kier alpha value is -0.540. The zero-order valence-electron chi connectivity index (χ0n) is 9.24. The number of hydrogen-bond acceptors (Lipinski definition) is 3. The van der Waals surface area contributed by atoms with Gasteiger partial charge in [-0.25, -0.2) is 4.98 Å². The van der Waals surface area contributed by atoms with Crippen LogP contribution < -0.4 is 5.32 Å². The molecule has 17 heavy (non-hydrogen) atoms. The third kappa shape index (κ3) is 1.48. The summed E-state index contributed by atoms with van der Waals surface area (Å²) < 4.78 is 0. The summed E-state index contributed by atoms with van der Waals surface area (Å²) in [6, 6.07) is 0.574. The SMILES string of the molecule is Clc1ncc(Cl)c(NC2C3C4CCC(C4)C23)n1. The molecule has 0 saturated heterocycles. The minimum absolute atomic E-state index is 0.255. The topological polar surface area (TPSA) is 37.8 Å². The maximum atomic E-state index is 6.07. The quantitative estimate of drug-likeness (QED) is 0.838. The van der Waals surface area contributed by atoms with Crippen LogP contribution in [-0.2, 0) is 0 Å². The van der Waals surface area contributed by atoms with Gasteiger partial charge in [0, 0.05) is 6.04 Å². The summed E-state index contributed by atoms with van der Waals surface area (Å²) >= 11 is 11.9. The van der Waals surface area contributed by atoms with Crippen LogP contribution in [0.4, 0.5) is 5.82 Å². The van der Waals surface area contributed by atoms with E-state index in [1.54, 1.807) is 6.20 Å². The Morgan fingerprint density at radius 1 is 1.18 bits per heavy atom. The first-order valence-corrected chi connectivity index (χ1v) is 6.94. The fourth-order valence-electron chi connectivity index (χ4n) is 4.12. The predicted octanol–water partition coefficient (Wildman–Crippen LogP) is 3.24. The number of nitrogens with one attached hydrogen (secondary N) is 1. The summed E-state index contributed by atoms with van der Waals surface area (Å²) in [6.07, 6.45) is 5.85. The van der Waals surface area contributed by atoms with Gasteiger partial charge in [-0.15, -0.1) is 0 Å². The van der Waals surface area contributed by atoms with Gasteiger partial charge in [0.1, 0.15) is 10.8 Å². The van der Waals surface area contributed by atoms with E-state index in [0.29, 0.717) is 16.9 Å². The molecular formula is C12H13Cl2N3. The van der Waals surface area contributed by atoms with Crippen LogP contribution in [0.15, 0.2) is 6.20 Å². The second-order valence-corrected chi connectivity index (χ2v) is 6.24. The van der Waals surface area contributed by atoms with Gasteiger partial charge in [0.15, 0.2) is 0 Å². The molecule has 1 heterocycles. The third-order valence-electron chi connectivity index (χ3n) is 4.75. The number of fused-ring (bicyclic) bond motifs is 5. The van der Waals surface area contributed by atoms with E-state index in [-0.39, 0.29) is 5.28 Å². The average Bonchev–Trinajstić information content (AvgIpc) is 2.72. The molecule has 5 heteroatoms. The molecule has 0 aliphatic heterocycles. The first kappa shape index (κ1) is 10.4. The Bertz CT molecular complexity index is 463. The summed E-state index contributed by atoms with van der Waals surface area (Å²) in [5.41, 5.74) is 0. The smallest absolute Gasteiger partial charge is 0.224 e. The van der Waals surface area contributed by atoms with Gasteiger partial charge in [-0.2, -0.15) is 4.98 Å². The van der Waals surface area contributed by atoms with E-state index in [9.17, 15) is 0 Å². The lowest BCUT2D eigenvalue weighted by Gasteiger charge is -2.11. The van der Waals surface area contributed by atoms with E-state index < -0.39 is 0 Å². The highest BCUT2D eigenvalue weighted by molar-refractivity contribution is 6.33. The van der Waals surface area contributed by atoms with Gasteiger partial charge in [-0.1, -0.05) is 11.6 Å². The maximum absolute atomic E-state index is 6.07. The van der Waals surface area contributed by atoms with Crippen molar-refractivity contribution in [2.24, 2.45) is 23.7 Å². The van der Waals surface area contributed by atoms with Crippen molar-refractivity contribution in [3.63, 3.8) is 0 Å². The number of halogens is 2. The molecule has 1 aromatic heterocycles. The van der Waals surface area contributed by atoms with Gasteiger partial charge >= 0.3 is 0 Å². The molecule has 90 valence electrons. The van der Waals surface area contributed by atoms with E-state index in [1.807, 2.05) is 0 Å². The zero-order valence-corrected chi connectivity index (χ0v) is 10.7. The molecule has 3 fully saturated rings. The summed E-state index contributed by atoms with van der Waals surface area (Å²) in [4.78, 5) is 8.03. The first-order chi connectivity index (χ1) is 8.24. The van der Waals surface area contributed by atoms with Gasteiger partial charge in [0.2, 0.25) is 5.28 Å². The van der Waals surface area contributed by atoms with Crippen molar-refractivity contribution in [1.82, 2.24) is 9.97 Å². The van der Waals surface area contributed by atoms with Crippen molar-refractivity contribution >= 4 is 29.0 Å². The molecule has 3 aliphatic rings. The summed E-state index contributed by atoms with van der Waals surface area (Å²) in [5, 5.41) is 4.28. The van der Waals surface area contributed by atoms with Crippen LogP contribution >= 0.6 is 23.2 Å². The van der Waals surface area contributed by atoms with Crippen LogP contribution in [0.2, 0.25) is 10.3 Å². The minimum atomic E-state index is 0.255. The lowest BCUT2D eigenvalue weighted by Crippen LogP contribution is -2.14. The molecule has 4 atom stereocenters. The Morgan fingerprint density at radius 3 is 2.59 bits per heavy atom. The highest BCUT2D eigenvalue weighted by Crippen LogP contribution is 2.66. The van der Waals surface area contributed by atoms with E-state index in [4.69, 9.17) is 23.2 Å². The van der Waals surface area contributed by atoms with Gasteiger partial charge in [-0.05, 0) is 54.5 Å². The fraction of sp³-hybridized carbons (Fsp3) is 0.667. The molecule has 0 aromatic carbocycles. The molecule has 0 amide bonds. The number of aromatic nitrogens is 2. The lowest BCUT2D eigenvalue weighted by atomic mass is 10.0. The Morgan fingerprint density at radius 2 is 1.88 bits per heavy atom. The molecule has 1 N–H and O–H groups in total. The molecule has 0 spiro atoms. The predicted molar refractivity (Wildman–Crippen MR) is 67.3 cm³/mol. The number of nitrogens with zero attached hydrogens (tertiary/aromatic N) is 2. The summed E-state index contributed by atoms with van der Waals surface area (Å²) in [5.74, 6) is 4.31. The second kappa shape index (κ2) is 3.48. The molecule has 4 rings (SSSR count). The van der Waals surface area contributed by atoms with E-state index >= 15 is 0 Å². The monoisotopic (exact) mass is 269 g/mol. The maximum Gasteiger partial charge on any atom is 0.224 e. The van der Waals surface area contributed by atoms with Gasteiger partial charge in [0.25, 0.3) is 0 Å². The zero-order chi connectivity index (χ0) is 11.6. The average molecular weight is 270 g/mol. The van der Waals surface area contributed by atoms with Crippen LogP contribution in [0.25, 0.3) is 0 Å². The highest BCUT2D eigenvalue weighted by Gasteiger charge is 2.65. The second-order valence-electron chi connectivity index (χ2n) is 5.49. The van der Waals surface area contributed by atoms with Crippen molar-refractivity contribution < 1.29 is 0 Å². The van der Waals surface area contributed by atoms with Gasteiger partial charge in [0.05, 0.1) is 6.20 Å². The summed E-state index contributed by atoms with van der Waals surface area (Å²) in [7, 11) is 0. The van der Waals surface area contributed by atoms with Crippen LogP contribution in [0.5, 0.6) is 0 Å². The summed E-state index contributed by atoms with van der Waals surface area (Å²) in [6.45, 7) is 0. The van der Waals surface area contributed by atoms with E-state index in [0.717, 1.165) is 23.7 Å². The Labute approximate surface area is 110 Å². The molecule has 0 radical (unpaired) electrons. The molecule has 3 saturated carbocycles. The van der Waals surface area contributed by atoms with E-state index in [1.165, 1.54) is 19.3 Å². The van der Waals surface area contributed by atoms with Crippen molar-refractivity contribution in [2.45, 2.75) is 25.3 Å². The minimum Gasteiger partial charge on any atom is -0.365 e. The third-order valence-corrected chi connectivity index (χ3v) is 5.21. The normalized spacial score (nSPS) is 41.4. The van der Waals surface area contributed by atoms with Crippen LogP contribution in [0.1, 0.15) is 19.3 Å². The van der Waals surface area contributed by atoms with Gasteiger partial charge in [-0.3, -0.25) is 0 Å². The first-order valence-electron chi connectivity index (χ1n) is 6.18. The molecule has 3 nitrogen and oxygen atoms in total. The number of hydrogen-bond donors (Lipinski definition) is 1. The largest absolute Gasteiger partial charge is 0.365 e. The standard InChI is InChI=1S/C12H13Cl2N3/c13-7-4-15-12(14)17-11(7)16-10-8-5-1-2-6(3-5)9(8)10/h4-6,8-10H,1-3H2,(H,15,16,17). The Kier molecular flexibility index (Phi) is 2.13. The van der Waals surface area contributed by atoms with Crippen molar-refractivity contribution in [2.75, 3.05) is 5.32 Å². The van der Waals surface area contributed by atoms with Crippen LogP contribution in [-0.4, -0.2) is 16.0 Å². The molecule has 1 aromatic rings. The molecule has 3 aliphatic carbocycles. The van der Waals surface area contributed by atoms with Crippen molar-refractivity contribution in [1.29, 1.82) is 0 Å². The Balaban J connectivity index is 1.54. The lowest BCUT2D eigenvalue weighted by molar-refractivity contribution is 0.456. The van der Waals surface area contributed by atoms with Crippen molar-refractivity contribution in [3.8, 4) is 0 Å².